The summed E-state index contributed by atoms with van der Waals surface area (Å²) in [6.45, 7) is 0. The van der Waals surface area contributed by atoms with Crippen LogP contribution in [0.4, 0.5) is 0 Å². The van der Waals surface area contributed by atoms with Crippen molar-refractivity contribution in [2.45, 2.75) is 0 Å². The minimum absolute atomic E-state index is 0. The van der Waals surface area contributed by atoms with Gasteiger partial charge in [0, 0.05) is 0 Å². The summed E-state index contributed by atoms with van der Waals surface area (Å²) in [6, 6.07) is 0. The minimum atomic E-state index is -3.17. The third kappa shape index (κ3) is 2.38. The molecule has 1 aliphatic rings. The van der Waals surface area contributed by atoms with Gasteiger partial charge in [0.1, 0.15) is 0 Å². The zero-order valence-electron chi connectivity index (χ0n) is 3.08. The summed E-state index contributed by atoms with van der Waals surface area (Å²) in [5, 5.41) is 0. The van der Waals surface area contributed by atoms with Crippen molar-refractivity contribution in [3.63, 3.8) is 0 Å². The molecule has 0 atom stereocenters. The van der Waals surface area contributed by atoms with Gasteiger partial charge in [-0.3, -0.25) is 0 Å². The van der Waals surface area contributed by atoms with Crippen LogP contribution in [0.5, 0.6) is 0 Å². The second kappa shape index (κ2) is 1.97. The molecule has 0 saturated carbocycles. The Morgan fingerprint density at radius 1 is 1.50 bits per heavy atom. The Kier molecular flexibility index (Phi) is 2.37. The smallest absolute Gasteiger partial charge is 0.747 e. The average molecular weight is 120 g/mol. The van der Waals surface area contributed by atoms with Crippen LogP contribution in [-0.2, 0) is 8.67 Å². The zero-order valence-corrected chi connectivity index (χ0v) is 5.90. The van der Waals surface area contributed by atoms with Gasteiger partial charge < -0.3 is 9.11 Å². The molecule has 0 radical (unpaired) electrons. The monoisotopic (exact) mass is 120 g/mol. The van der Waals surface area contributed by atoms with Crippen LogP contribution in [-0.4, -0.2) is 9.11 Å². The molecule has 32 valence electrons. The maximum Gasteiger partial charge on any atom is 1.00 e. The Bertz CT molecular complexity index is 45.5. The van der Waals surface area contributed by atoms with Crippen molar-refractivity contribution < 1.29 is 47.3 Å². The SMILES string of the molecule is [Na+].[O-]S1(O)OO1. The Morgan fingerprint density at radius 3 is 1.67 bits per heavy atom. The quantitative estimate of drug-likeness (QED) is 0.213. The van der Waals surface area contributed by atoms with E-state index < -0.39 is 11.2 Å². The van der Waals surface area contributed by atoms with E-state index in [4.69, 9.17) is 4.55 Å². The molecule has 0 amide bonds. The fourth-order valence-electron chi connectivity index (χ4n) is 0.0238. The molecule has 0 aliphatic carbocycles. The first-order valence-electron chi connectivity index (χ1n) is 0.849. The fraction of sp³-hybridized carbons (Fsp3) is 0. The van der Waals surface area contributed by atoms with E-state index in [0.717, 1.165) is 0 Å². The molecule has 0 bridgehead atoms. The van der Waals surface area contributed by atoms with E-state index in [0.29, 0.717) is 0 Å². The van der Waals surface area contributed by atoms with Gasteiger partial charge in [-0.1, -0.05) is 0 Å². The molecule has 1 saturated heterocycles. The predicted octanol–water partition coefficient (Wildman–Crippen LogP) is -2.81. The molecule has 0 unspecified atom stereocenters. The second-order valence-electron chi connectivity index (χ2n) is 0.564. The predicted molar refractivity (Wildman–Crippen MR) is 13.2 cm³/mol. The molecule has 0 spiro atoms. The molecule has 0 aromatic carbocycles. The largest absolute Gasteiger partial charge is 1.00 e. The molecule has 4 nitrogen and oxygen atoms in total. The van der Waals surface area contributed by atoms with Gasteiger partial charge in [0.2, 0.25) is 0 Å². The second-order valence-corrected chi connectivity index (χ2v) is 1.69. The fourth-order valence-corrected chi connectivity index (χ4v) is 0.214. The number of rotatable bonds is 0. The Morgan fingerprint density at radius 2 is 1.67 bits per heavy atom. The maximum atomic E-state index is 9.41. The summed E-state index contributed by atoms with van der Waals surface area (Å²) < 4.78 is 24.1. The molecule has 6 heavy (non-hydrogen) atoms. The zero-order chi connectivity index (χ0) is 3.91. The van der Waals surface area contributed by atoms with E-state index in [1.807, 2.05) is 0 Å². The summed E-state index contributed by atoms with van der Waals surface area (Å²) in [4.78, 5) is 0. The molecule has 1 rings (SSSR count). The van der Waals surface area contributed by atoms with Gasteiger partial charge in [-0.2, -0.15) is 0 Å². The summed E-state index contributed by atoms with van der Waals surface area (Å²) in [7, 11) is 0. The molecule has 1 aliphatic heterocycles. The van der Waals surface area contributed by atoms with Crippen LogP contribution in [0.1, 0.15) is 0 Å². The van der Waals surface area contributed by atoms with Crippen molar-refractivity contribution in [2.75, 3.05) is 0 Å². The molecule has 0 aromatic heterocycles. The Hall–Kier alpha value is 1.19. The summed E-state index contributed by atoms with van der Waals surface area (Å²) >= 11 is -3.17. The van der Waals surface area contributed by atoms with E-state index in [9.17, 15) is 4.55 Å². The first kappa shape index (κ1) is 7.19. The van der Waals surface area contributed by atoms with Crippen LogP contribution >= 0.6 is 11.2 Å². The molecular formula is HNaO4S. The van der Waals surface area contributed by atoms with E-state index in [1.165, 1.54) is 0 Å². The summed E-state index contributed by atoms with van der Waals surface area (Å²) in [5.74, 6) is 0. The van der Waals surface area contributed by atoms with Gasteiger partial charge in [-0.25, -0.2) is 0 Å². The first-order valence-corrected chi connectivity index (χ1v) is 2.21. The molecule has 1 N–H and O–H groups in total. The van der Waals surface area contributed by atoms with Crippen molar-refractivity contribution in [3.8, 4) is 0 Å². The molecule has 1 fully saturated rings. The van der Waals surface area contributed by atoms with Gasteiger partial charge >= 0.3 is 29.6 Å². The van der Waals surface area contributed by atoms with Gasteiger partial charge in [-0.05, 0) is 0 Å². The van der Waals surface area contributed by atoms with Crippen molar-refractivity contribution in [2.24, 2.45) is 0 Å². The van der Waals surface area contributed by atoms with Crippen LogP contribution in [0.3, 0.4) is 0 Å². The van der Waals surface area contributed by atoms with Crippen molar-refractivity contribution >= 4 is 11.2 Å². The van der Waals surface area contributed by atoms with Gasteiger partial charge in [0.05, 0.1) is 11.2 Å². The van der Waals surface area contributed by atoms with Gasteiger partial charge in [0.15, 0.2) is 0 Å². The molecule has 0 aromatic rings. The van der Waals surface area contributed by atoms with Crippen molar-refractivity contribution in [1.82, 2.24) is 0 Å². The third-order valence-corrected chi connectivity index (χ3v) is 0.553. The van der Waals surface area contributed by atoms with E-state index in [1.54, 1.807) is 0 Å². The van der Waals surface area contributed by atoms with E-state index in [-0.39, 0.29) is 29.6 Å². The number of hydrogen-bond acceptors (Lipinski definition) is 4. The minimum Gasteiger partial charge on any atom is -0.747 e. The average Bonchev–Trinajstić information content (AvgIpc) is 1.76. The molecule has 6 heteroatoms. The van der Waals surface area contributed by atoms with E-state index >= 15 is 0 Å². The molecule has 1 heterocycles. The van der Waals surface area contributed by atoms with Crippen molar-refractivity contribution in [1.29, 1.82) is 0 Å². The number of hydrogen-bond donors (Lipinski definition) is 1. The topological polar surface area (TPSA) is 68.3 Å². The van der Waals surface area contributed by atoms with Gasteiger partial charge in [0.25, 0.3) is 0 Å². The van der Waals surface area contributed by atoms with E-state index in [2.05, 4.69) is 8.67 Å². The van der Waals surface area contributed by atoms with Crippen molar-refractivity contribution in [3.05, 3.63) is 0 Å². The Balaban J connectivity index is 0.000000250. The van der Waals surface area contributed by atoms with Crippen LogP contribution in [0, 0.1) is 0 Å². The Labute approximate surface area is 58.4 Å². The van der Waals surface area contributed by atoms with Crippen LogP contribution < -0.4 is 29.6 Å². The van der Waals surface area contributed by atoms with Crippen LogP contribution in [0.2, 0.25) is 0 Å². The summed E-state index contributed by atoms with van der Waals surface area (Å²) in [6.07, 6.45) is 0. The van der Waals surface area contributed by atoms with Crippen LogP contribution in [0.25, 0.3) is 0 Å². The first-order chi connectivity index (χ1) is 2.21. The standard InChI is InChI=1S/Na.H2O4S/c;1-5(2)3-4-5/h;1-2H/q+1;/p-1. The normalized spacial score (nSPS) is 30.3. The third-order valence-electron chi connectivity index (χ3n) is 0.184. The summed E-state index contributed by atoms with van der Waals surface area (Å²) in [5.41, 5.74) is 0. The van der Waals surface area contributed by atoms with Gasteiger partial charge in [-0.15, -0.1) is 8.67 Å². The van der Waals surface area contributed by atoms with Crippen LogP contribution in [0.15, 0.2) is 0 Å². The molecular weight excluding hydrogens is 119 g/mol. The maximum absolute atomic E-state index is 9.41.